The lowest BCUT2D eigenvalue weighted by Crippen LogP contribution is -2.60. The molecule has 0 saturated carbocycles. The third-order valence-electron chi connectivity index (χ3n) is 7.92. The molecule has 1 fully saturated rings. The molecule has 1 aliphatic rings. The molecule has 0 aromatic heterocycles. The number of phosphoric acid groups is 1. The summed E-state index contributed by atoms with van der Waals surface area (Å²) in [6, 6.07) is 44.7. The Balaban J connectivity index is 1.34. The van der Waals surface area contributed by atoms with Gasteiger partial charge in [-0.15, -0.1) is 0 Å². The summed E-state index contributed by atoms with van der Waals surface area (Å²) in [5.74, 6) is 0.466. The fourth-order valence-electron chi connectivity index (χ4n) is 5.50. The standard InChI is InChI=1S/C39H38N3O8P/c40-42-41-36-38(46-28-32-20-10-3-11-21-32)37(45-27-31-18-8-2-9-19-31)35(29-44-26-30-16-6-1-7-17-30)47-39(36)50-51(43,48-33-22-12-4-13-23-33)49-34-24-14-5-15-25-34/h1-25,35-39H,26-29H2/t35-,36-,37-,38-,39-/m1/s1. The molecule has 5 aromatic carbocycles. The minimum absolute atomic E-state index is 0.0335. The SMILES string of the molecule is [N-]=[N+]=N[C@H]1[C@@H](OP(=O)(Oc2ccccc2)Oc2ccccc2)O[C@H](COCc2ccccc2)[C@@H](OCc2ccccc2)[C@@H]1OCc1ccccc1. The molecule has 6 rings (SSSR count). The number of hydrogen-bond acceptors (Lipinski definition) is 9. The fourth-order valence-corrected chi connectivity index (χ4v) is 6.81. The number of hydrogen-bond donors (Lipinski definition) is 0. The van der Waals surface area contributed by atoms with Gasteiger partial charge < -0.3 is 28.0 Å². The highest BCUT2D eigenvalue weighted by molar-refractivity contribution is 7.49. The molecule has 262 valence electrons. The van der Waals surface area contributed by atoms with E-state index < -0.39 is 38.5 Å². The first-order valence-electron chi connectivity index (χ1n) is 16.5. The van der Waals surface area contributed by atoms with E-state index in [9.17, 15) is 10.1 Å². The molecular weight excluding hydrogens is 669 g/mol. The number of nitrogens with zero attached hydrogens (tertiary/aromatic N) is 3. The van der Waals surface area contributed by atoms with Gasteiger partial charge in [0.05, 0.1) is 26.4 Å². The first-order valence-corrected chi connectivity index (χ1v) is 17.9. The van der Waals surface area contributed by atoms with Crippen molar-refractivity contribution in [1.82, 2.24) is 0 Å². The zero-order valence-electron chi connectivity index (χ0n) is 27.7. The monoisotopic (exact) mass is 707 g/mol. The lowest BCUT2D eigenvalue weighted by Gasteiger charge is -2.44. The number of phosphoric ester groups is 1. The van der Waals surface area contributed by atoms with Gasteiger partial charge in [-0.25, -0.2) is 9.09 Å². The molecule has 1 heterocycles. The Morgan fingerprint density at radius 1 is 0.608 bits per heavy atom. The van der Waals surface area contributed by atoms with Crippen LogP contribution >= 0.6 is 7.82 Å². The van der Waals surface area contributed by atoms with Crippen LogP contribution < -0.4 is 9.05 Å². The summed E-state index contributed by atoms with van der Waals surface area (Å²) < 4.78 is 58.3. The summed E-state index contributed by atoms with van der Waals surface area (Å²) in [6.07, 6.45) is -4.07. The molecule has 0 amide bonds. The van der Waals surface area contributed by atoms with E-state index in [-0.39, 0.29) is 31.3 Å². The van der Waals surface area contributed by atoms with Gasteiger partial charge in [0.15, 0.2) is 6.29 Å². The van der Waals surface area contributed by atoms with Crippen molar-refractivity contribution >= 4 is 7.82 Å². The lowest BCUT2D eigenvalue weighted by molar-refractivity contribution is -0.268. The predicted octanol–water partition coefficient (Wildman–Crippen LogP) is 9.06. The van der Waals surface area contributed by atoms with Gasteiger partial charge in [0.1, 0.15) is 35.9 Å². The van der Waals surface area contributed by atoms with E-state index in [0.717, 1.165) is 16.7 Å². The molecular formula is C39H38N3O8P. The van der Waals surface area contributed by atoms with Crippen molar-refractivity contribution in [3.05, 3.63) is 179 Å². The fraction of sp³-hybridized carbons (Fsp3) is 0.231. The normalized spacial score (nSPS) is 20.2. The molecule has 0 aliphatic carbocycles. The quantitative estimate of drug-likeness (QED) is 0.0405. The van der Waals surface area contributed by atoms with Crippen LogP contribution in [0, 0.1) is 0 Å². The van der Waals surface area contributed by atoms with Crippen molar-refractivity contribution in [3.8, 4) is 11.5 Å². The average Bonchev–Trinajstić information content (AvgIpc) is 3.16. The van der Waals surface area contributed by atoms with E-state index in [1.165, 1.54) is 0 Å². The van der Waals surface area contributed by atoms with E-state index >= 15 is 0 Å². The van der Waals surface area contributed by atoms with E-state index in [1.54, 1.807) is 60.7 Å². The molecule has 1 aliphatic heterocycles. The van der Waals surface area contributed by atoms with Crippen LogP contribution in [0.1, 0.15) is 16.7 Å². The van der Waals surface area contributed by atoms with Crippen LogP contribution in [0.4, 0.5) is 0 Å². The van der Waals surface area contributed by atoms with Crippen LogP contribution in [-0.4, -0.2) is 37.3 Å². The van der Waals surface area contributed by atoms with Crippen LogP contribution in [0.3, 0.4) is 0 Å². The van der Waals surface area contributed by atoms with Gasteiger partial charge in [0, 0.05) is 4.91 Å². The van der Waals surface area contributed by atoms with E-state index in [4.69, 9.17) is 32.5 Å². The topological polar surface area (TPSA) is 130 Å². The van der Waals surface area contributed by atoms with Crippen molar-refractivity contribution in [2.45, 2.75) is 50.5 Å². The third-order valence-corrected chi connectivity index (χ3v) is 9.25. The molecule has 1 saturated heterocycles. The number of rotatable bonds is 17. The van der Waals surface area contributed by atoms with Crippen LogP contribution in [0.5, 0.6) is 11.5 Å². The van der Waals surface area contributed by atoms with Crippen LogP contribution in [0.25, 0.3) is 10.4 Å². The number of ether oxygens (including phenoxy) is 4. The van der Waals surface area contributed by atoms with Crippen LogP contribution in [0.15, 0.2) is 157 Å². The summed E-state index contributed by atoms with van der Waals surface area (Å²) in [7, 11) is -4.52. The molecule has 11 nitrogen and oxygen atoms in total. The number of benzene rings is 5. The van der Waals surface area contributed by atoms with Gasteiger partial charge in [0.2, 0.25) is 0 Å². The predicted molar refractivity (Wildman–Crippen MR) is 191 cm³/mol. The zero-order chi connectivity index (χ0) is 35.1. The smallest absolute Gasteiger partial charge is 0.395 e. The van der Waals surface area contributed by atoms with Gasteiger partial charge in [-0.1, -0.05) is 133 Å². The summed E-state index contributed by atoms with van der Waals surface area (Å²) in [5, 5.41) is 4.08. The molecule has 12 heteroatoms. The molecule has 0 unspecified atom stereocenters. The molecule has 51 heavy (non-hydrogen) atoms. The molecule has 5 aromatic rings. The molecule has 5 atom stereocenters. The Bertz CT molecular complexity index is 1810. The highest BCUT2D eigenvalue weighted by Crippen LogP contribution is 2.52. The largest absolute Gasteiger partial charge is 0.589 e. The first-order chi connectivity index (χ1) is 25.1. The third kappa shape index (κ3) is 10.5. The molecule has 0 N–H and O–H groups in total. The average molecular weight is 708 g/mol. The summed E-state index contributed by atoms with van der Waals surface area (Å²) in [6.45, 7) is 0.680. The van der Waals surface area contributed by atoms with E-state index in [2.05, 4.69) is 10.0 Å². The Kier molecular flexibility index (Phi) is 12.9. The molecule has 0 spiro atoms. The Morgan fingerprint density at radius 2 is 1.04 bits per heavy atom. The van der Waals surface area contributed by atoms with Gasteiger partial charge in [-0.2, -0.15) is 0 Å². The highest BCUT2D eigenvalue weighted by Gasteiger charge is 2.51. The Labute approximate surface area is 296 Å². The van der Waals surface area contributed by atoms with Crippen molar-refractivity contribution in [2.75, 3.05) is 6.61 Å². The summed E-state index contributed by atoms with van der Waals surface area (Å²) in [4.78, 5) is 3.12. The maximum Gasteiger partial charge on any atom is 0.589 e. The minimum Gasteiger partial charge on any atom is -0.395 e. The van der Waals surface area contributed by atoms with Gasteiger partial charge in [-0.05, 0) is 46.5 Å². The van der Waals surface area contributed by atoms with Gasteiger partial charge in [-0.3, -0.25) is 0 Å². The van der Waals surface area contributed by atoms with Crippen LogP contribution in [0.2, 0.25) is 0 Å². The van der Waals surface area contributed by atoms with Gasteiger partial charge >= 0.3 is 7.82 Å². The van der Waals surface area contributed by atoms with Crippen LogP contribution in [-0.2, 0) is 47.9 Å². The van der Waals surface area contributed by atoms with Crippen molar-refractivity contribution in [3.63, 3.8) is 0 Å². The second kappa shape index (κ2) is 18.3. The summed E-state index contributed by atoms with van der Waals surface area (Å²) in [5.41, 5.74) is 12.6. The van der Waals surface area contributed by atoms with Crippen molar-refractivity contribution < 1.29 is 37.1 Å². The van der Waals surface area contributed by atoms with Gasteiger partial charge in [0.25, 0.3) is 0 Å². The van der Waals surface area contributed by atoms with E-state index in [0.29, 0.717) is 6.61 Å². The Hall–Kier alpha value is -4.96. The summed E-state index contributed by atoms with van der Waals surface area (Å²) >= 11 is 0. The number of para-hydroxylation sites is 2. The second-order valence-electron chi connectivity index (χ2n) is 11.6. The molecule has 0 radical (unpaired) electrons. The van der Waals surface area contributed by atoms with E-state index in [1.807, 2.05) is 91.0 Å². The van der Waals surface area contributed by atoms with Crippen molar-refractivity contribution in [2.24, 2.45) is 5.11 Å². The maximum absolute atomic E-state index is 14.6. The maximum atomic E-state index is 14.6. The highest BCUT2D eigenvalue weighted by atomic mass is 31.2. The minimum atomic E-state index is -4.52. The lowest BCUT2D eigenvalue weighted by atomic mass is 9.96. The zero-order valence-corrected chi connectivity index (χ0v) is 28.6. The number of azide groups is 1. The molecule has 0 bridgehead atoms. The second-order valence-corrected chi connectivity index (χ2v) is 13.1. The Morgan fingerprint density at radius 3 is 1.51 bits per heavy atom. The van der Waals surface area contributed by atoms with Crippen molar-refractivity contribution in [1.29, 1.82) is 0 Å². The first kappa shape index (κ1) is 35.9.